The van der Waals surface area contributed by atoms with Crippen LogP contribution in [0.4, 0.5) is 5.69 Å². The SMILES string of the molecule is CCCN(CC1CC1)c1ccc(C(C)O)cc1Cl. The molecule has 2 nitrogen and oxygen atoms in total. The second-order valence-electron chi connectivity index (χ2n) is 5.28. The second-order valence-corrected chi connectivity index (χ2v) is 5.68. The fourth-order valence-corrected chi connectivity index (χ4v) is 2.54. The number of nitrogens with zero attached hydrogens (tertiary/aromatic N) is 1. The summed E-state index contributed by atoms with van der Waals surface area (Å²) in [6.07, 6.45) is 3.37. The smallest absolute Gasteiger partial charge is 0.0762 e. The van der Waals surface area contributed by atoms with Gasteiger partial charge in [-0.3, -0.25) is 0 Å². The number of rotatable bonds is 6. The molecule has 1 aromatic carbocycles. The summed E-state index contributed by atoms with van der Waals surface area (Å²) in [6.45, 7) is 6.11. The van der Waals surface area contributed by atoms with Gasteiger partial charge in [0.15, 0.2) is 0 Å². The Kier molecular flexibility index (Phi) is 4.52. The molecule has 0 saturated heterocycles. The van der Waals surface area contributed by atoms with Crippen molar-refractivity contribution in [1.29, 1.82) is 0 Å². The van der Waals surface area contributed by atoms with Crippen LogP contribution >= 0.6 is 11.6 Å². The highest BCUT2D eigenvalue weighted by atomic mass is 35.5. The predicted octanol–water partition coefficient (Wildman–Crippen LogP) is 4.02. The molecule has 1 saturated carbocycles. The molecule has 1 fully saturated rings. The van der Waals surface area contributed by atoms with Gasteiger partial charge in [-0.05, 0) is 49.8 Å². The zero-order valence-corrected chi connectivity index (χ0v) is 12.0. The van der Waals surface area contributed by atoms with Crippen LogP contribution in [0.5, 0.6) is 0 Å². The monoisotopic (exact) mass is 267 g/mol. The van der Waals surface area contributed by atoms with Crippen LogP contribution in [-0.2, 0) is 0 Å². The quantitative estimate of drug-likeness (QED) is 0.842. The first kappa shape index (κ1) is 13.7. The van der Waals surface area contributed by atoms with E-state index in [0.717, 1.165) is 41.7 Å². The van der Waals surface area contributed by atoms with Crippen LogP contribution in [0, 0.1) is 5.92 Å². The molecule has 1 aromatic rings. The van der Waals surface area contributed by atoms with Crippen molar-refractivity contribution in [2.45, 2.75) is 39.2 Å². The van der Waals surface area contributed by atoms with Crippen LogP contribution in [0.2, 0.25) is 5.02 Å². The lowest BCUT2D eigenvalue weighted by atomic mass is 10.1. The predicted molar refractivity (Wildman–Crippen MR) is 77.3 cm³/mol. The van der Waals surface area contributed by atoms with E-state index in [2.05, 4.69) is 11.8 Å². The maximum Gasteiger partial charge on any atom is 0.0762 e. The Bertz CT molecular complexity index is 401. The third-order valence-corrected chi connectivity index (χ3v) is 3.77. The minimum absolute atomic E-state index is 0.459. The lowest BCUT2D eigenvalue weighted by molar-refractivity contribution is 0.199. The van der Waals surface area contributed by atoms with Gasteiger partial charge in [-0.25, -0.2) is 0 Å². The Balaban J connectivity index is 2.17. The van der Waals surface area contributed by atoms with E-state index in [1.54, 1.807) is 6.92 Å². The molecule has 18 heavy (non-hydrogen) atoms. The Labute approximate surface area is 115 Å². The summed E-state index contributed by atoms with van der Waals surface area (Å²) in [5.41, 5.74) is 1.99. The number of anilines is 1. The van der Waals surface area contributed by atoms with Crippen LogP contribution in [-0.4, -0.2) is 18.2 Å². The molecular weight excluding hydrogens is 246 g/mol. The number of hydrogen-bond donors (Lipinski definition) is 1. The molecule has 100 valence electrons. The van der Waals surface area contributed by atoms with Gasteiger partial charge < -0.3 is 10.0 Å². The minimum Gasteiger partial charge on any atom is -0.389 e. The van der Waals surface area contributed by atoms with Crippen molar-refractivity contribution in [3.63, 3.8) is 0 Å². The van der Waals surface area contributed by atoms with Crippen molar-refractivity contribution in [3.05, 3.63) is 28.8 Å². The normalized spacial score (nSPS) is 16.7. The van der Waals surface area contributed by atoms with Gasteiger partial charge in [-0.1, -0.05) is 24.6 Å². The van der Waals surface area contributed by atoms with E-state index in [1.807, 2.05) is 18.2 Å². The molecule has 3 heteroatoms. The molecule has 0 aliphatic heterocycles. The average molecular weight is 268 g/mol. The van der Waals surface area contributed by atoms with Gasteiger partial charge in [0.25, 0.3) is 0 Å². The highest BCUT2D eigenvalue weighted by Crippen LogP contribution is 2.34. The van der Waals surface area contributed by atoms with Gasteiger partial charge >= 0.3 is 0 Å². The molecule has 1 aliphatic rings. The van der Waals surface area contributed by atoms with E-state index >= 15 is 0 Å². The minimum atomic E-state index is -0.459. The van der Waals surface area contributed by atoms with Gasteiger partial charge in [0.05, 0.1) is 16.8 Å². The molecule has 0 radical (unpaired) electrons. The molecule has 0 bridgehead atoms. The molecule has 1 N–H and O–H groups in total. The van der Waals surface area contributed by atoms with Crippen LogP contribution in [0.3, 0.4) is 0 Å². The third kappa shape index (κ3) is 3.39. The van der Waals surface area contributed by atoms with Gasteiger partial charge in [0, 0.05) is 13.1 Å². The van der Waals surface area contributed by atoms with Crippen molar-refractivity contribution in [1.82, 2.24) is 0 Å². The van der Waals surface area contributed by atoms with E-state index in [1.165, 1.54) is 12.8 Å². The van der Waals surface area contributed by atoms with Crippen molar-refractivity contribution in [2.24, 2.45) is 5.92 Å². The van der Waals surface area contributed by atoms with Gasteiger partial charge in [-0.2, -0.15) is 0 Å². The number of aliphatic hydroxyl groups excluding tert-OH is 1. The van der Waals surface area contributed by atoms with Crippen LogP contribution in [0.15, 0.2) is 18.2 Å². The number of hydrogen-bond acceptors (Lipinski definition) is 2. The maximum atomic E-state index is 9.56. The first-order chi connectivity index (χ1) is 8.61. The van der Waals surface area contributed by atoms with E-state index in [0.29, 0.717) is 0 Å². The Hall–Kier alpha value is -0.730. The van der Waals surface area contributed by atoms with E-state index in [-0.39, 0.29) is 0 Å². The first-order valence-corrected chi connectivity index (χ1v) is 7.22. The summed E-state index contributed by atoms with van der Waals surface area (Å²) in [5.74, 6) is 0.851. The van der Waals surface area contributed by atoms with Crippen LogP contribution in [0.25, 0.3) is 0 Å². The molecule has 2 rings (SSSR count). The summed E-state index contributed by atoms with van der Waals surface area (Å²) in [7, 11) is 0. The lowest BCUT2D eigenvalue weighted by Crippen LogP contribution is -2.26. The van der Waals surface area contributed by atoms with Crippen LogP contribution < -0.4 is 4.90 Å². The number of aliphatic hydroxyl groups is 1. The topological polar surface area (TPSA) is 23.5 Å². The largest absolute Gasteiger partial charge is 0.389 e. The number of benzene rings is 1. The average Bonchev–Trinajstić information content (AvgIpc) is 3.12. The summed E-state index contributed by atoms with van der Waals surface area (Å²) < 4.78 is 0. The molecular formula is C15H22ClNO. The lowest BCUT2D eigenvalue weighted by Gasteiger charge is -2.26. The highest BCUT2D eigenvalue weighted by Gasteiger charge is 2.25. The van der Waals surface area contributed by atoms with Gasteiger partial charge in [-0.15, -0.1) is 0 Å². The Morgan fingerprint density at radius 1 is 1.44 bits per heavy atom. The molecule has 0 amide bonds. The molecule has 1 aliphatic carbocycles. The summed E-state index contributed by atoms with van der Waals surface area (Å²) in [6, 6.07) is 5.90. The molecule has 1 atom stereocenters. The first-order valence-electron chi connectivity index (χ1n) is 6.84. The zero-order chi connectivity index (χ0) is 13.1. The molecule has 1 unspecified atom stereocenters. The summed E-state index contributed by atoms with van der Waals surface area (Å²) >= 11 is 6.36. The fourth-order valence-electron chi connectivity index (χ4n) is 2.23. The fraction of sp³-hybridized carbons (Fsp3) is 0.600. The van der Waals surface area contributed by atoms with Crippen molar-refractivity contribution >= 4 is 17.3 Å². The Morgan fingerprint density at radius 2 is 2.17 bits per heavy atom. The third-order valence-electron chi connectivity index (χ3n) is 3.46. The highest BCUT2D eigenvalue weighted by molar-refractivity contribution is 6.33. The van der Waals surface area contributed by atoms with E-state index in [4.69, 9.17) is 11.6 Å². The zero-order valence-electron chi connectivity index (χ0n) is 11.2. The molecule has 0 heterocycles. The van der Waals surface area contributed by atoms with Crippen LogP contribution in [0.1, 0.15) is 44.8 Å². The summed E-state index contributed by atoms with van der Waals surface area (Å²) in [5, 5.41) is 10.3. The van der Waals surface area contributed by atoms with Gasteiger partial charge in [0.2, 0.25) is 0 Å². The van der Waals surface area contributed by atoms with Crippen molar-refractivity contribution in [3.8, 4) is 0 Å². The molecule has 0 aromatic heterocycles. The summed E-state index contributed by atoms with van der Waals surface area (Å²) in [4.78, 5) is 2.38. The number of halogens is 1. The van der Waals surface area contributed by atoms with Gasteiger partial charge in [0.1, 0.15) is 0 Å². The van der Waals surface area contributed by atoms with E-state index < -0.39 is 6.10 Å². The maximum absolute atomic E-state index is 9.56. The van der Waals surface area contributed by atoms with Crippen molar-refractivity contribution in [2.75, 3.05) is 18.0 Å². The van der Waals surface area contributed by atoms with E-state index in [9.17, 15) is 5.11 Å². The standard InChI is InChI=1S/C15H22ClNO/c1-3-8-17(10-12-4-5-12)15-7-6-13(11(2)18)9-14(15)16/h6-7,9,11-12,18H,3-5,8,10H2,1-2H3. The Morgan fingerprint density at radius 3 is 2.67 bits per heavy atom. The molecule has 0 spiro atoms. The van der Waals surface area contributed by atoms with Crippen molar-refractivity contribution < 1.29 is 5.11 Å². The second kappa shape index (κ2) is 5.94.